The Labute approximate surface area is 135 Å². The molecule has 0 saturated heterocycles. The number of nitrogens with one attached hydrogen (secondary N) is 2. The van der Waals surface area contributed by atoms with Crippen molar-refractivity contribution in [3.8, 4) is 0 Å². The lowest BCUT2D eigenvalue weighted by molar-refractivity contribution is 0.0516. The largest absolute Gasteiger partial charge is 0.366 e. The summed E-state index contributed by atoms with van der Waals surface area (Å²) in [7, 11) is 1.76. The van der Waals surface area contributed by atoms with Crippen molar-refractivity contribution in [3.63, 3.8) is 0 Å². The predicted molar refractivity (Wildman–Crippen MR) is 87.8 cm³/mol. The average Bonchev–Trinajstić information content (AvgIpc) is 2.80. The molecule has 5 nitrogen and oxygen atoms in total. The topological polar surface area (TPSA) is 61.4 Å². The SMILES string of the molecule is CNC(=S)N[C@@H]1CCCC[C@H]1N1C(=O)c2ccccc2C1=O. The van der Waals surface area contributed by atoms with Gasteiger partial charge in [-0.2, -0.15) is 0 Å². The van der Waals surface area contributed by atoms with Crippen LogP contribution in [0.5, 0.6) is 0 Å². The lowest BCUT2D eigenvalue weighted by Crippen LogP contribution is -2.56. The molecular formula is C16H19N3O2S. The van der Waals surface area contributed by atoms with E-state index in [1.807, 2.05) is 0 Å². The quantitative estimate of drug-likeness (QED) is 0.642. The number of carbonyl (C=O) groups excluding carboxylic acids is 2. The Hall–Kier alpha value is -1.95. The molecule has 6 heteroatoms. The molecule has 1 aliphatic carbocycles. The molecule has 1 fully saturated rings. The smallest absolute Gasteiger partial charge is 0.261 e. The molecule has 0 unspecified atom stereocenters. The molecule has 2 aliphatic rings. The molecule has 2 amide bonds. The highest BCUT2D eigenvalue weighted by atomic mass is 32.1. The maximum absolute atomic E-state index is 12.6. The molecule has 116 valence electrons. The molecule has 0 aromatic heterocycles. The minimum absolute atomic E-state index is 0.0101. The molecule has 3 rings (SSSR count). The summed E-state index contributed by atoms with van der Waals surface area (Å²) in [5, 5.41) is 6.68. The Balaban J connectivity index is 1.87. The molecule has 2 atom stereocenters. The summed E-state index contributed by atoms with van der Waals surface area (Å²) in [5.41, 5.74) is 1.01. The first-order valence-corrected chi connectivity index (χ1v) is 7.99. The Morgan fingerprint density at radius 1 is 1.14 bits per heavy atom. The highest BCUT2D eigenvalue weighted by molar-refractivity contribution is 7.80. The van der Waals surface area contributed by atoms with Gasteiger partial charge < -0.3 is 10.6 Å². The van der Waals surface area contributed by atoms with Gasteiger partial charge in [-0.25, -0.2) is 0 Å². The maximum atomic E-state index is 12.6. The van der Waals surface area contributed by atoms with Crippen LogP contribution in [-0.2, 0) is 0 Å². The predicted octanol–water partition coefficient (Wildman–Crippen LogP) is 1.69. The zero-order valence-corrected chi connectivity index (χ0v) is 13.3. The second kappa shape index (κ2) is 6.04. The third-order valence-corrected chi connectivity index (χ3v) is 4.75. The van der Waals surface area contributed by atoms with Crippen LogP contribution < -0.4 is 10.6 Å². The van der Waals surface area contributed by atoms with Gasteiger partial charge in [-0.05, 0) is 37.2 Å². The van der Waals surface area contributed by atoms with Gasteiger partial charge in [0.05, 0.1) is 17.2 Å². The second-order valence-corrected chi connectivity index (χ2v) is 6.12. The maximum Gasteiger partial charge on any atom is 0.261 e. The van der Waals surface area contributed by atoms with Crippen LogP contribution in [-0.4, -0.2) is 41.0 Å². The molecule has 1 aromatic carbocycles. The molecule has 1 aliphatic heterocycles. The third-order valence-electron chi connectivity index (χ3n) is 4.43. The average molecular weight is 317 g/mol. The van der Waals surface area contributed by atoms with E-state index in [0.717, 1.165) is 25.7 Å². The lowest BCUT2D eigenvalue weighted by Gasteiger charge is -2.37. The number of imide groups is 1. The summed E-state index contributed by atoms with van der Waals surface area (Å²) in [6, 6.07) is 6.89. The van der Waals surface area contributed by atoms with Gasteiger partial charge >= 0.3 is 0 Å². The zero-order chi connectivity index (χ0) is 15.7. The van der Waals surface area contributed by atoms with Gasteiger partial charge in [-0.3, -0.25) is 14.5 Å². The molecule has 1 saturated carbocycles. The molecule has 0 radical (unpaired) electrons. The Morgan fingerprint density at radius 3 is 2.32 bits per heavy atom. The van der Waals surface area contributed by atoms with Crippen molar-refractivity contribution in [2.24, 2.45) is 0 Å². The summed E-state index contributed by atoms with van der Waals surface area (Å²) in [4.78, 5) is 26.7. The van der Waals surface area contributed by atoms with E-state index in [2.05, 4.69) is 10.6 Å². The van der Waals surface area contributed by atoms with Crippen molar-refractivity contribution in [1.82, 2.24) is 15.5 Å². The van der Waals surface area contributed by atoms with Gasteiger partial charge in [0, 0.05) is 13.1 Å². The van der Waals surface area contributed by atoms with Crippen LogP contribution in [0.15, 0.2) is 24.3 Å². The van der Waals surface area contributed by atoms with Crippen LogP contribution in [0, 0.1) is 0 Å². The minimum Gasteiger partial charge on any atom is -0.366 e. The Kier molecular flexibility index (Phi) is 4.11. The van der Waals surface area contributed by atoms with E-state index in [-0.39, 0.29) is 23.9 Å². The van der Waals surface area contributed by atoms with E-state index in [1.165, 1.54) is 4.90 Å². The fraction of sp³-hybridized carbons (Fsp3) is 0.438. The first kappa shape index (κ1) is 15.0. The van der Waals surface area contributed by atoms with Gasteiger partial charge in [-0.1, -0.05) is 25.0 Å². The Morgan fingerprint density at radius 2 is 1.73 bits per heavy atom. The van der Waals surface area contributed by atoms with E-state index in [4.69, 9.17) is 12.2 Å². The van der Waals surface area contributed by atoms with Gasteiger partial charge in [0.2, 0.25) is 0 Å². The van der Waals surface area contributed by atoms with Gasteiger partial charge in [0.1, 0.15) is 0 Å². The summed E-state index contributed by atoms with van der Waals surface area (Å²) in [5.74, 6) is -0.371. The van der Waals surface area contributed by atoms with E-state index >= 15 is 0 Å². The molecular weight excluding hydrogens is 298 g/mol. The lowest BCUT2D eigenvalue weighted by atomic mass is 9.89. The monoisotopic (exact) mass is 317 g/mol. The number of fused-ring (bicyclic) bond motifs is 1. The van der Waals surface area contributed by atoms with E-state index in [9.17, 15) is 9.59 Å². The van der Waals surface area contributed by atoms with Gasteiger partial charge in [0.15, 0.2) is 5.11 Å². The molecule has 1 aromatic rings. The fourth-order valence-electron chi connectivity index (χ4n) is 3.34. The standard InChI is InChI=1S/C16H19N3O2S/c1-17-16(22)18-12-8-4-5-9-13(12)19-14(20)10-6-2-3-7-11(10)15(19)21/h2-3,6-7,12-13H,4-5,8-9H2,1H3,(H2,17,18,22)/t12-,13-/m1/s1. The third kappa shape index (κ3) is 2.47. The van der Waals surface area contributed by atoms with Crippen LogP contribution in [0.4, 0.5) is 0 Å². The highest BCUT2D eigenvalue weighted by Gasteiger charge is 2.43. The van der Waals surface area contributed by atoms with E-state index < -0.39 is 0 Å². The van der Waals surface area contributed by atoms with Crippen molar-refractivity contribution < 1.29 is 9.59 Å². The fourth-order valence-corrected chi connectivity index (χ4v) is 3.49. The number of nitrogens with zero attached hydrogens (tertiary/aromatic N) is 1. The van der Waals surface area contributed by atoms with Crippen molar-refractivity contribution in [2.45, 2.75) is 37.8 Å². The van der Waals surface area contributed by atoms with Gasteiger partial charge in [0.25, 0.3) is 11.8 Å². The number of hydrogen-bond donors (Lipinski definition) is 2. The van der Waals surface area contributed by atoms with E-state index in [0.29, 0.717) is 16.2 Å². The van der Waals surface area contributed by atoms with Crippen LogP contribution in [0.3, 0.4) is 0 Å². The van der Waals surface area contributed by atoms with Crippen molar-refractivity contribution in [3.05, 3.63) is 35.4 Å². The highest BCUT2D eigenvalue weighted by Crippen LogP contribution is 2.31. The number of amides is 2. The molecule has 0 bridgehead atoms. The van der Waals surface area contributed by atoms with E-state index in [1.54, 1.807) is 31.3 Å². The zero-order valence-electron chi connectivity index (χ0n) is 12.5. The van der Waals surface area contributed by atoms with Crippen LogP contribution in [0.1, 0.15) is 46.4 Å². The van der Waals surface area contributed by atoms with Crippen LogP contribution in [0.25, 0.3) is 0 Å². The summed E-state index contributed by atoms with van der Waals surface area (Å²) in [6.45, 7) is 0. The second-order valence-electron chi connectivity index (χ2n) is 5.71. The summed E-state index contributed by atoms with van der Waals surface area (Å²) >= 11 is 5.18. The normalized spacial score (nSPS) is 24.1. The number of carbonyl (C=O) groups is 2. The molecule has 2 N–H and O–H groups in total. The molecule has 1 heterocycles. The van der Waals surface area contributed by atoms with Crippen molar-refractivity contribution in [2.75, 3.05) is 7.05 Å². The first-order valence-electron chi connectivity index (χ1n) is 7.58. The summed E-state index contributed by atoms with van der Waals surface area (Å²) in [6.07, 6.45) is 3.81. The van der Waals surface area contributed by atoms with Gasteiger partial charge in [-0.15, -0.1) is 0 Å². The minimum atomic E-state index is -0.185. The van der Waals surface area contributed by atoms with Crippen molar-refractivity contribution in [1.29, 1.82) is 0 Å². The molecule has 22 heavy (non-hydrogen) atoms. The number of thiocarbonyl (C=S) groups is 1. The number of hydrogen-bond acceptors (Lipinski definition) is 3. The Bertz CT molecular complexity index is 597. The molecule has 0 spiro atoms. The number of benzene rings is 1. The van der Waals surface area contributed by atoms with Crippen LogP contribution >= 0.6 is 12.2 Å². The summed E-state index contributed by atoms with van der Waals surface area (Å²) < 4.78 is 0. The number of rotatable bonds is 2. The first-order chi connectivity index (χ1) is 10.6. The van der Waals surface area contributed by atoms with Crippen LogP contribution in [0.2, 0.25) is 0 Å². The van der Waals surface area contributed by atoms with Crippen molar-refractivity contribution >= 4 is 29.1 Å².